The maximum absolute atomic E-state index is 13.4. The van der Waals surface area contributed by atoms with Crippen LogP contribution in [-0.4, -0.2) is 39.4 Å². The second-order valence-corrected chi connectivity index (χ2v) is 9.40. The Kier molecular flexibility index (Phi) is 5.21. The molecular weight excluding hydrogens is 420 g/mol. The van der Waals surface area contributed by atoms with Crippen LogP contribution >= 0.6 is 11.3 Å². The predicted octanol–water partition coefficient (Wildman–Crippen LogP) is 5.17. The average Bonchev–Trinajstić information content (AvgIpc) is 3.47. The van der Waals surface area contributed by atoms with Crippen LogP contribution in [0.4, 0.5) is 5.69 Å². The summed E-state index contributed by atoms with van der Waals surface area (Å²) in [5.41, 5.74) is 3.76. The summed E-state index contributed by atoms with van der Waals surface area (Å²) in [6.45, 7) is 7.97. The monoisotopic (exact) mass is 446 g/mol. The number of amides is 2. The molecular formula is C25H26N4O2S. The Balaban J connectivity index is 1.50. The molecule has 1 saturated heterocycles. The molecule has 1 aliphatic heterocycles. The molecule has 0 saturated carbocycles. The Morgan fingerprint density at radius 3 is 2.78 bits per heavy atom. The first-order valence-electron chi connectivity index (χ1n) is 11.0. The lowest BCUT2D eigenvalue weighted by Crippen LogP contribution is -2.25. The van der Waals surface area contributed by atoms with Gasteiger partial charge in [0.05, 0.1) is 15.9 Å². The van der Waals surface area contributed by atoms with E-state index in [2.05, 4.69) is 33.9 Å². The highest BCUT2D eigenvalue weighted by molar-refractivity contribution is 7.21. The molecule has 1 N–H and O–H groups in total. The van der Waals surface area contributed by atoms with Gasteiger partial charge >= 0.3 is 0 Å². The fraction of sp³-hybridized carbons (Fsp3) is 0.320. The maximum atomic E-state index is 13.4. The number of benzene rings is 2. The summed E-state index contributed by atoms with van der Waals surface area (Å²) < 4.78 is 3.26. The second-order valence-electron chi connectivity index (χ2n) is 8.35. The van der Waals surface area contributed by atoms with Gasteiger partial charge in [0, 0.05) is 42.9 Å². The standard InChI is InChI=1S/C25H26N4O2S/c1-4-29-15(2)26-20-13-18(9-10-21(20)29)27-25(31)24-23(17-11-12-28(14-17)16(3)30)19-7-5-6-8-22(19)32-24/h5-10,13,17H,4,11-12,14H2,1-3H3,(H,27,31)/t17-/m1/s1. The van der Waals surface area contributed by atoms with Crippen LogP contribution in [-0.2, 0) is 11.3 Å². The molecule has 7 heteroatoms. The van der Waals surface area contributed by atoms with Crippen molar-refractivity contribution >= 4 is 50.0 Å². The molecule has 0 radical (unpaired) electrons. The zero-order valence-corrected chi connectivity index (χ0v) is 19.3. The van der Waals surface area contributed by atoms with E-state index in [4.69, 9.17) is 0 Å². The van der Waals surface area contributed by atoms with Crippen LogP contribution in [0.2, 0.25) is 0 Å². The SMILES string of the molecule is CCn1c(C)nc2cc(NC(=O)c3sc4ccccc4c3[C@@H]3CCN(C(C)=O)C3)ccc21. The van der Waals surface area contributed by atoms with Crippen molar-refractivity contribution in [2.75, 3.05) is 18.4 Å². The third-order valence-corrected chi connectivity index (χ3v) is 7.58. The molecule has 1 aliphatic rings. The van der Waals surface area contributed by atoms with Crippen LogP contribution in [0, 0.1) is 6.92 Å². The fourth-order valence-corrected chi connectivity index (χ4v) is 6.02. The van der Waals surface area contributed by atoms with Gasteiger partial charge in [-0.3, -0.25) is 9.59 Å². The molecule has 0 bridgehead atoms. The van der Waals surface area contributed by atoms with Gasteiger partial charge in [0.1, 0.15) is 5.82 Å². The minimum Gasteiger partial charge on any atom is -0.342 e. The van der Waals surface area contributed by atoms with Crippen LogP contribution in [0.15, 0.2) is 42.5 Å². The van der Waals surface area contributed by atoms with Gasteiger partial charge < -0.3 is 14.8 Å². The third kappa shape index (κ3) is 3.46. The van der Waals surface area contributed by atoms with E-state index in [9.17, 15) is 9.59 Å². The van der Waals surface area contributed by atoms with Gasteiger partial charge in [-0.05, 0) is 55.5 Å². The Morgan fingerprint density at radius 2 is 2.03 bits per heavy atom. The minimum atomic E-state index is -0.103. The van der Waals surface area contributed by atoms with Crippen molar-refractivity contribution in [3.05, 3.63) is 58.7 Å². The van der Waals surface area contributed by atoms with Crippen LogP contribution in [0.1, 0.15) is 47.2 Å². The zero-order chi connectivity index (χ0) is 22.4. The summed E-state index contributed by atoms with van der Waals surface area (Å²) >= 11 is 1.53. The number of rotatable bonds is 4. The highest BCUT2D eigenvalue weighted by atomic mass is 32.1. The first-order chi connectivity index (χ1) is 15.5. The topological polar surface area (TPSA) is 67.2 Å². The number of likely N-dealkylation sites (tertiary alicyclic amines) is 1. The Morgan fingerprint density at radius 1 is 1.22 bits per heavy atom. The van der Waals surface area contributed by atoms with E-state index in [0.717, 1.165) is 62.6 Å². The minimum absolute atomic E-state index is 0.0909. The van der Waals surface area contributed by atoms with E-state index in [-0.39, 0.29) is 17.7 Å². The van der Waals surface area contributed by atoms with Crippen LogP contribution < -0.4 is 5.32 Å². The number of carbonyl (C=O) groups excluding carboxylic acids is 2. The Labute approximate surface area is 190 Å². The summed E-state index contributed by atoms with van der Waals surface area (Å²) in [5, 5.41) is 4.21. The van der Waals surface area contributed by atoms with Crippen molar-refractivity contribution in [1.82, 2.24) is 14.5 Å². The van der Waals surface area contributed by atoms with Gasteiger partial charge in [0.15, 0.2) is 0 Å². The molecule has 2 aromatic heterocycles. The lowest BCUT2D eigenvalue weighted by Gasteiger charge is -2.15. The molecule has 0 aliphatic carbocycles. The smallest absolute Gasteiger partial charge is 0.266 e. The number of nitrogens with zero attached hydrogens (tertiary/aromatic N) is 3. The molecule has 3 heterocycles. The summed E-state index contributed by atoms with van der Waals surface area (Å²) in [6.07, 6.45) is 0.875. The van der Waals surface area contributed by atoms with Crippen molar-refractivity contribution in [2.24, 2.45) is 0 Å². The molecule has 32 heavy (non-hydrogen) atoms. The molecule has 1 fully saturated rings. The van der Waals surface area contributed by atoms with Gasteiger partial charge in [-0.1, -0.05) is 18.2 Å². The molecule has 164 valence electrons. The van der Waals surface area contributed by atoms with Gasteiger partial charge in [0.2, 0.25) is 5.91 Å². The van der Waals surface area contributed by atoms with E-state index in [1.54, 1.807) is 6.92 Å². The molecule has 0 spiro atoms. The molecule has 2 aromatic carbocycles. The van der Waals surface area contributed by atoms with Crippen molar-refractivity contribution in [1.29, 1.82) is 0 Å². The second kappa shape index (κ2) is 8.06. The van der Waals surface area contributed by atoms with Crippen molar-refractivity contribution < 1.29 is 9.59 Å². The molecule has 0 unspecified atom stereocenters. The first kappa shape index (κ1) is 20.7. The molecule has 1 atom stereocenters. The van der Waals surface area contributed by atoms with E-state index in [0.29, 0.717) is 6.54 Å². The lowest BCUT2D eigenvalue weighted by atomic mass is 9.95. The number of aryl methyl sites for hydroxylation is 2. The highest BCUT2D eigenvalue weighted by Crippen LogP contribution is 2.40. The van der Waals surface area contributed by atoms with E-state index < -0.39 is 0 Å². The average molecular weight is 447 g/mol. The number of aromatic nitrogens is 2. The van der Waals surface area contributed by atoms with Crippen molar-refractivity contribution in [3.8, 4) is 0 Å². The van der Waals surface area contributed by atoms with Crippen molar-refractivity contribution in [2.45, 2.75) is 39.7 Å². The van der Waals surface area contributed by atoms with Crippen LogP contribution in [0.3, 0.4) is 0 Å². The number of imidazole rings is 1. The van der Waals surface area contributed by atoms with Crippen LogP contribution in [0.5, 0.6) is 0 Å². The number of fused-ring (bicyclic) bond motifs is 2. The molecule has 2 amide bonds. The summed E-state index contributed by atoms with van der Waals surface area (Å²) in [6, 6.07) is 14.0. The fourth-order valence-electron chi connectivity index (χ4n) is 4.84. The summed E-state index contributed by atoms with van der Waals surface area (Å²) in [5.74, 6) is 1.12. The van der Waals surface area contributed by atoms with E-state index >= 15 is 0 Å². The van der Waals surface area contributed by atoms with Crippen molar-refractivity contribution in [3.63, 3.8) is 0 Å². The number of anilines is 1. The Bertz CT molecular complexity index is 1350. The maximum Gasteiger partial charge on any atom is 0.266 e. The summed E-state index contributed by atoms with van der Waals surface area (Å²) in [7, 11) is 0. The number of thiophene rings is 1. The van der Waals surface area contributed by atoms with E-state index in [1.165, 1.54) is 11.3 Å². The Hall–Kier alpha value is -3.19. The van der Waals surface area contributed by atoms with Gasteiger partial charge in [-0.2, -0.15) is 0 Å². The quantitative estimate of drug-likeness (QED) is 0.470. The van der Waals surface area contributed by atoms with Gasteiger partial charge in [-0.25, -0.2) is 4.98 Å². The number of nitrogens with one attached hydrogen (secondary N) is 1. The largest absolute Gasteiger partial charge is 0.342 e. The van der Waals surface area contributed by atoms with Gasteiger partial charge in [0.25, 0.3) is 5.91 Å². The highest BCUT2D eigenvalue weighted by Gasteiger charge is 2.31. The third-order valence-electron chi connectivity index (χ3n) is 6.40. The zero-order valence-electron chi connectivity index (χ0n) is 18.5. The van der Waals surface area contributed by atoms with Gasteiger partial charge in [-0.15, -0.1) is 11.3 Å². The molecule has 4 aromatic rings. The van der Waals surface area contributed by atoms with E-state index in [1.807, 2.05) is 42.2 Å². The number of hydrogen-bond acceptors (Lipinski definition) is 4. The van der Waals surface area contributed by atoms with Crippen LogP contribution in [0.25, 0.3) is 21.1 Å². The lowest BCUT2D eigenvalue weighted by molar-refractivity contribution is -0.127. The number of carbonyl (C=O) groups is 2. The number of hydrogen-bond donors (Lipinski definition) is 1. The molecule has 6 nitrogen and oxygen atoms in total. The first-order valence-corrected chi connectivity index (χ1v) is 11.8. The summed E-state index contributed by atoms with van der Waals surface area (Å²) in [4.78, 5) is 32.6. The molecule has 5 rings (SSSR count). The normalized spacial score (nSPS) is 16.2. The predicted molar refractivity (Wildman–Crippen MR) is 130 cm³/mol.